The molecular formula is C26H38N2. The molecule has 1 fully saturated rings. The van der Waals surface area contributed by atoms with Crippen molar-refractivity contribution in [3.05, 3.63) is 71.8 Å². The van der Waals surface area contributed by atoms with Crippen molar-refractivity contribution in [1.29, 1.82) is 0 Å². The molecule has 3 rings (SSSR count). The molecule has 0 radical (unpaired) electrons. The third-order valence-corrected chi connectivity index (χ3v) is 6.09. The Hall–Kier alpha value is -1.64. The molecule has 1 aliphatic carbocycles. The first-order valence-electron chi connectivity index (χ1n) is 11.4. The SMILES string of the molecule is CC(CNCCC(c1ccccc1)c1ccccc1)NC1CCCCCCC1. The predicted octanol–water partition coefficient (Wildman–Crippen LogP) is 5.89. The van der Waals surface area contributed by atoms with Crippen molar-refractivity contribution in [2.24, 2.45) is 0 Å². The van der Waals surface area contributed by atoms with Crippen LogP contribution in [0.2, 0.25) is 0 Å². The molecule has 152 valence electrons. The number of benzene rings is 2. The molecule has 2 aromatic carbocycles. The van der Waals surface area contributed by atoms with Crippen LogP contribution >= 0.6 is 0 Å². The van der Waals surface area contributed by atoms with Crippen LogP contribution in [0.15, 0.2) is 60.7 Å². The molecule has 2 aromatic rings. The molecule has 1 saturated carbocycles. The zero-order chi connectivity index (χ0) is 19.4. The summed E-state index contributed by atoms with van der Waals surface area (Å²) >= 11 is 0. The van der Waals surface area contributed by atoms with Gasteiger partial charge in [-0.2, -0.15) is 0 Å². The van der Waals surface area contributed by atoms with Gasteiger partial charge in [0.15, 0.2) is 0 Å². The second kappa shape index (κ2) is 12.0. The Morgan fingerprint density at radius 1 is 0.786 bits per heavy atom. The molecule has 1 atom stereocenters. The molecule has 0 aromatic heterocycles. The molecule has 0 heterocycles. The van der Waals surface area contributed by atoms with Crippen LogP contribution in [0.1, 0.15) is 75.3 Å². The summed E-state index contributed by atoms with van der Waals surface area (Å²) in [5, 5.41) is 7.59. The topological polar surface area (TPSA) is 24.1 Å². The smallest absolute Gasteiger partial charge is 0.0166 e. The van der Waals surface area contributed by atoms with Gasteiger partial charge in [-0.15, -0.1) is 0 Å². The van der Waals surface area contributed by atoms with Gasteiger partial charge in [-0.1, -0.05) is 92.8 Å². The highest BCUT2D eigenvalue weighted by Crippen LogP contribution is 2.27. The second-order valence-corrected chi connectivity index (χ2v) is 8.48. The average Bonchev–Trinajstić information content (AvgIpc) is 2.71. The van der Waals surface area contributed by atoms with Crippen LogP contribution in [0.4, 0.5) is 0 Å². The lowest BCUT2D eigenvalue weighted by molar-refractivity contribution is 0.352. The highest BCUT2D eigenvalue weighted by molar-refractivity contribution is 5.32. The van der Waals surface area contributed by atoms with Gasteiger partial charge in [0.2, 0.25) is 0 Å². The first-order chi connectivity index (χ1) is 13.8. The highest BCUT2D eigenvalue weighted by atomic mass is 15.0. The van der Waals surface area contributed by atoms with Gasteiger partial charge in [0.1, 0.15) is 0 Å². The first kappa shape index (κ1) is 21.1. The van der Waals surface area contributed by atoms with Crippen molar-refractivity contribution in [3.63, 3.8) is 0 Å². The zero-order valence-electron chi connectivity index (χ0n) is 17.6. The summed E-state index contributed by atoms with van der Waals surface area (Å²) < 4.78 is 0. The minimum Gasteiger partial charge on any atom is -0.315 e. The minimum atomic E-state index is 0.462. The lowest BCUT2D eigenvalue weighted by atomic mass is 9.88. The normalized spacial score (nSPS) is 17.2. The third-order valence-electron chi connectivity index (χ3n) is 6.09. The molecule has 2 nitrogen and oxygen atoms in total. The molecule has 2 heteroatoms. The van der Waals surface area contributed by atoms with E-state index in [1.165, 1.54) is 56.1 Å². The molecular weight excluding hydrogens is 340 g/mol. The molecule has 1 aliphatic rings. The molecule has 2 N–H and O–H groups in total. The van der Waals surface area contributed by atoms with E-state index in [9.17, 15) is 0 Å². The summed E-state index contributed by atoms with van der Waals surface area (Å²) in [6, 6.07) is 23.1. The van der Waals surface area contributed by atoms with Gasteiger partial charge in [0, 0.05) is 24.5 Å². The molecule has 0 saturated heterocycles. The van der Waals surface area contributed by atoms with Crippen molar-refractivity contribution >= 4 is 0 Å². The van der Waals surface area contributed by atoms with E-state index in [4.69, 9.17) is 0 Å². The Balaban J connectivity index is 1.45. The van der Waals surface area contributed by atoms with E-state index in [0.717, 1.165) is 25.6 Å². The van der Waals surface area contributed by atoms with E-state index in [1.807, 2.05) is 0 Å². The molecule has 0 amide bonds. The van der Waals surface area contributed by atoms with Crippen molar-refractivity contribution < 1.29 is 0 Å². The maximum Gasteiger partial charge on any atom is 0.0166 e. The Labute approximate surface area is 172 Å². The van der Waals surface area contributed by atoms with E-state index in [0.29, 0.717) is 12.0 Å². The quantitative estimate of drug-likeness (QED) is 0.532. The lowest BCUT2D eigenvalue weighted by Crippen LogP contribution is -2.43. The maximum atomic E-state index is 3.88. The average molecular weight is 379 g/mol. The van der Waals surface area contributed by atoms with Crippen molar-refractivity contribution in [1.82, 2.24) is 10.6 Å². The fourth-order valence-corrected chi connectivity index (χ4v) is 4.55. The van der Waals surface area contributed by atoms with Crippen LogP contribution in [0.3, 0.4) is 0 Å². The number of nitrogens with one attached hydrogen (secondary N) is 2. The van der Waals surface area contributed by atoms with E-state index in [-0.39, 0.29) is 0 Å². The van der Waals surface area contributed by atoms with Crippen LogP contribution in [0, 0.1) is 0 Å². The number of hydrogen-bond donors (Lipinski definition) is 2. The van der Waals surface area contributed by atoms with Crippen LogP contribution in [0.5, 0.6) is 0 Å². The van der Waals surface area contributed by atoms with E-state index >= 15 is 0 Å². The van der Waals surface area contributed by atoms with Gasteiger partial charge in [-0.05, 0) is 43.9 Å². The monoisotopic (exact) mass is 378 g/mol. The largest absolute Gasteiger partial charge is 0.315 e. The standard InChI is InChI=1S/C26H38N2/c1-22(28-25-17-11-3-2-4-12-18-25)21-27-20-19-26(23-13-7-5-8-14-23)24-15-9-6-10-16-24/h5-10,13-16,22,25-28H,2-4,11-12,17-21H2,1H3. The summed E-state index contributed by atoms with van der Waals surface area (Å²) in [5.41, 5.74) is 2.83. The van der Waals surface area contributed by atoms with Crippen LogP contribution in [-0.4, -0.2) is 25.2 Å². The summed E-state index contributed by atoms with van der Waals surface area (Å²) in [4.78, 5) is 0. The van der Waals surface area contributed by atoms with Crippen LogP contribution in [0.25, 0.3) is 0 Å². The van der Waals surface area contributed by atoms with Crippen LogP contribution in [-0.2, 0) is 0 Å². The summed E-state index contributed by atoms with van der Waals surface area (Å²) in [6.45, 7) is 4.43. The van der Waals surface area contributed by atoms with E-state index in [2.05, 4.69) is 78.2 Å². The molecule has 1 unspecified atom stereocenters. The van der Waals surface area contributed by atoms with E-state index < -0.39 is 0 Å². The van der Waals surface area contributed by atoms with Gasteiger partial charge in [0.25, 0.3) is 0 Å². The molecule has 0 aliphatic heterocycles. The zero-order valence-corrected chi connectivity index (χ0v) is 17.6. The number of hydrogen-bond acceptors (Lipinski definition) is 2. The van der Waals surface area contributed by atoms with Crippen molar-refractivity contribution in [3.8, 4) is 0 Å². The van der Waals surface area contributed by atoms with Gasteiger partial charge in [-0.25, -0.2) is 0 Å². The molecule has 28 heavy (non-hydrogen) atoms. The minimum absolute atomic E-state index is 0.462. The van der Waals surface area contributed by atoms with Crippen molar-refractivity contribution in [2.75, 3.05) is 13.1 Å². The number of rotatable bonds is 9. The Morgan fingerprint density at radius 3 is 1.89 bits per heavy atom. The molecule has 0 spiro atoms. The first-order valence-corrected chi connectivity index (χ1v) is 11.4. The fourth-order valence-electron chi connectivity index (χ4n) is 4.55. The van der Waals surface area contributed by atoms with Gasteiger partial charge >= 0.3 is 0 Å². The summed E-state index contributed by atoms with van der Waals surface area (Å²) in [6.07, 6.45) is 10.9. The Kier molecular flexibility index (Phi) is 9.06. The Morgan fingerprint density at radius 2 is 1.32 bits per heavy atom. The molecule has 0 bridgehead atoms. The fraction of sp³-hybridized carbons (Fsp3) is 0.538. The predicted molar refractivity (Wildman–Crippen MR) is 121 cm³/mol. The lowest BCUT2D eigenvalue weighted by Gasteiger charge is -2.25. The van der Waals surface area contributed by atoms with E-state index in [1.54, 1.807) is 0 Å². The highest BCUT2D eigenvalue weighted by Gasteiger charge is 2.15. The van der Waals surface area contributed by atoms with Gasteiger partial charge < -0.3 is 10.6 Å². The van der Waals surface area contributed by atoms with Gasteiger partial charge in [-0.3, -0.25) is 0 Å². The third kappa shape index (κ3) is 7.07. The Bertz CT molecular complexity index is 592. The van der Waals surface area contributed by atoms with Gasteiger partial charge in [0.05, 0.1) is 0 Å². The van der Waals surface area contributed by atoms with Crippen molar-refractivity contribution in [2.45, 2.75) is 76.3 Å². The summed E-state index contributed by atoms with van der Waals surface area (Å²) in [5.74, 6) is 0.462. The summed E-state index contributed by atoms with van der Waals surface area (Å²) in [7, 11) is 0. The van der Waals surface area contributed by atoms with Crippen LogP contribution < -0.4 is 10.6 Å². The second-order valence-electron chi connectivity index (χ2n) is 8.48. The maximum absolute atomic E-state index is 3.88.